The molecule has 0 spiro atoms. The van der Waals surface area contributed by atoms with Crippen LogP contribution in [0.3, 0.4) is 0 Å². The van der Waals surface area contributed by atoms with Gasteiger partial charge in [0.15, 0.2) is 5.76 Å². The van der Waals surface area contributed by atoms with E-state index in [1.54, 1.807) is 0 Å². The van der Waals surface area contributed by atoms with Crippen molar-refractivity contribution in [1.29, 1.82) is 0 Å². The standard InChI is InChI=1S/C25H22N2O3/c1-18-23(16-26-25(28)29-17-19-8-4-2-5-9-19)24(30-27-18)22-14-12-21(13-15-22)20-10-6-3-7-11-20/h2-15H,16-17H2,1H3,(H,26,28). The summed E-state index contributed by atoms with van der Waals surface area (Å²) in [6.45, 7) is 2.36. The monoisotopic (exact) mass is 398 g/mol. The number of nitrogens with one attached hydrogen (secondary N) is 1. The Morgan fingerprint density at radius 1 is 0.867 bits per heavy atom. The Balaban J connectivity index is 1.42. The molecule has 0 bridgehead atoms. The Morgan fingerprint density at radius 2 is 1.47 bits per heavy atom. The fourth-order valence-corrected chi connectivity index (χ4v) is 3.20. The maximum atomic E-state index is 12.1. The highest BCUT2D eigenvalue weighted by atomic mass is 16.5. The van der Waals surface area contributed by atoms with Crippen LogP contribution in [-0.2, 0) is 17.9 Å². The molecule has 0 fully saturated rings. The fourth-order valence-electron chi connectivity index (χ4n) is 3.20. The maximum absolute atomic E-state index is 12.1. The summed E-state index contributed by atoms with van der Waals surface area (Å²) in [6, 6.07) is 27.8. The van der Waals surface area contributed by atoms with Crippen molar-refractivity contribution in [1.82, 2.24) is 10.5 Å². The van der Waals surface area contributed by atoms with Crippen LogP contribution in [0.25, 0.3) is 22.5 Å². The normalized spacial score (nSPS) is 10.6. The van der Waals surface area contributed by atoms with Crippen molar-refractivity contribution in [3.8, 4) is 22.5 Å². The summed E-state index contributed by atoms with van der Waals surface area (Å²) < 4.78 is 10.8. The number of carbonyl (C=O) groups excluding carboxylic acids is 1. The van der Waals surface area contributed by atoms with E-state index in [0.29, 0.717) is 5.76 Å². The molecule has 4 rings (SSSR count). The Labute approximate surface area is 175 Å². The van der Waals surface area contributed by atoms with Gasteiger partial charge < -0.3 is 14.6 Å². The predicted molar refractivity (Wildman–Crippen MR) is 116 cm³/mol. The number of amides is 1. The number of alkyl carbamates (subject to hydrolysis) is 1. The second-order valence-corrected chi connectivity index (χ2v) is 6.93. The van der Waals surface area contributed by atoms with E-state index in [-0.39, 0.29) is 13.2 Å². The summed E-state index contributed by atoms with van der Waals surface area (Å²) >= 11 is 0. The third-order valence-electron chi connectivity index (χ3n) is 4.86. The van der Waals surface area contributed by atoms with Gasteiger partial charge in [0.25, 0.3) is 0 Å². The molecule has 1 heterocycles. The largest absolute Gasteiger partial charge is 0.445 e. The van der Waals surface area contributed by atoms with Gasteiger partial charge in [0.2, 0.25) is 0 Å². The average Bonchev–Trinajstić information content (AvgIpc) is 3.18. The molecule has 5 nitrogen and oxygen atoms in total. The van der Waals surface area contributed by atoms with E-state index in [2.05, 4.69) is 22.6 Å². The highest BCUT2D eigenvalue weighted by Gasteiger charge is 2.16. The van der Waals surface area contributed by atoms with Crippen molar-refractivity contribution in [2.45, 2.75) is 20.1 Å². The first kappa shape index (κ1) is 19.5. The minimum Gasteiger partial charge on any atom is -0.445 e. The van der Waals surface area contributed by atoms with Gasteiger partial charge in [-0.05, 0) is 23.6 Å². The molecule has 0 saturated heterocycles. The van der Waals surface area contributed by atoms with Crippen molar-refractivity contribution in [2.24, 2.45) is 0 Å². The van der Waals surface area contributed by atoms with Crippen molar-refractivity contribution in [2.75, 3.05) is 0 Å². The van der Waals surface area contributed by atoms with Gasteiger partial charge in [-0.3, -0.25) is 0 Å². The first-order valence-electron chi connectivity index (χ1n) is 9.76. The third-order valence-corrected chi connectivity index (χ3v) is 4.86. The van der Waals surface area contributed by atoms with Crippen LogP contribution < -0.4 is 5.32 Å². The molecule has 1 amide bonds. The number of rotatable bonds is 6. The number of aromatic nitrogens is 1. The topological polar surface area (TPSA) is 64.4 Å². The van der Waals surface area contributed by atoms with E-state index in [1.165, 1.54) is 0 Å². The van der Waals surface area contributed by atoms with E-state index in [9.17, 15) is 4.79 Å². The summed E-state index contributed by atoms with van der Waals surface area (Å²) in [7, 11) is 0. The molecule has 0 aliphatic rings. The van der Waals surface area contributed by atoms with Crippen LogP contribution in [0, 0.1) is 6.92 Å². The predicted octanol–water partition coefficient (Wildman–Crippen LogP) is 5.74. The first-order valence-corrected chi connectivity index (χ1v) is 9.76. The number of nitrogens with zero attached hydrogens (tertiary/aromatic N) is 1. The van der Waals surface area contributed by atoms with Crippen molar-refractivity contribution in [3.05, 3.63) is 102 Å². The van der Waals surface area contributed by atoms with Gasteiger partial charge in [-0.2, -0.15) is 0 Å². The third kappa shape index (κ3) is 4.58. The van der Waals surface area contributed by atoms with E-state index >= 15 is 0 Å². The molecule has 0 unspecified atom stereocenters. The second-order valence-electron chi connectivity index (χ2n) is 6.93. The molecular formula is C25H22N2O3. The second kappa shape index (κ2) is 9.09. The zero-order chi connectivity index (χ0) is 20.8. The van der Waals surface area contributed by atoms with Gasteiger partial charge in [-0.25, -0.2) is 4.79 Å². The van der Waals surface area contributed by atoms with Crippen LogP contribution in [-0.4, -0.2) is 11.2 Å². The highest BCUT2D eigenvalue weighted by molar-refractivity contribution is 5.71. The van der Waals surface area contributed by atoms with Gasteiger partial charge in [-0.15, -0.1) is 0 Å². The molecule has 3 aromatic carbocycles. The van der Waals surface area contributed by atoms with Gasteiger partial charge in [0.05, 0.1) is 12.2 Å². The molecule has 5 heteroatoms. The molecule has 1 aromatic heterocycles. The quantitative estimate of drug-likeness (QED) is 0.450. The zero-order valence-electron chi connectivity index (χ0n) is 16.7. The molecule has 0 atom stereocenters. The number of aryl methyl sites for hydroxylation is 1. The number of hydrogen-bond acceptors (Lipinski definition) is 4. The van der Waals surface area contributed by atoms with Crippen LogP contribution >= 0.6 is 0 Å². The van der Waals surface area contributed by atoms with Crippen LogP contribution in [0.4, 0.5) is 4.79 Å². The molecule has 30 heavy (non-hydrogen) atoms. The van der Waals surface area contributed by atoms with Crippen LogP contribution in [0.15, 0.2) is 89.5 Å². The lowest BCUT2D eigenvalue weighted by Crippen LogP contribution is -2.24. The summed E-state index contributed by atoms with van der Waals surface area (Å²) in [5, 5.41) is 6.86. The number of benzene rings is 3. The number of ether oxygens (including phenoxy) is 1. The first-order chi connectivity index (χ1) is 14.7. The van der Waals surface area contributed by atoms with Crippen LogP contribution in [0.1, 0.15) is 16.8 Å². The van der Waals surface area contributed by atoms with Crippen molar-refractivity contribution >= 4 is 6.09 Å². The molecular weight excluding hydrogens is 376 g/mol. The molecule has 0 aliphatic heterocycles. The van der Waals surface area contributed by atoms with E-state index in [1.807, 2.05) is 79.7 Å². The summed E-state index contributed by atoms with van der Waals surface area (Å²) in [4.78, 5) is 12.1. The number of hydrogen-bond donors (Lipinski definition) is 1. The van der Waals surface area contributed by atoms with Gasteiger partial charge >= 0.3 is 6.09 Å². The Kier molecular flexibility index (Phi) is 5.90. The summed E-state index contributed by atoms with van der Waals surface area (Å²) in [6.07, 6.45) is -0.482. The van der Waals surface area contributed by atoms with Crippen molar-refractivity contribution < 1.29 is 14.1 Å². The summed E-state index contributed by atoms with van der Waals surface area (Å²) in [5.74, 6) is 0.649. The van der Waals surface area contributed by atoms with E-state index in [4.69, 9.17) is 9.26 Å². The van der Waals surface area contributed by atoms with Crippen LogP contribution in [0.2, 0.25) is 0 Å². The SMILES string of the molecule is Cc1noc(-c2ccc(-c3ccccc3)cc2)c1CNC(=O)OCc1ccccc1. The molecule has 0 saturated carbocycles. The lowest BCUT2D eigenvalue weighted by atomic mass is 10.0. The molecule has 0 radical (unpaired) electrons. The molecule has 0 aliphatic carbocycles. The average molecular weight is 398 g/mol. The van der Waals surface area contributed by atoms with Crippen molar-refractivity contribution in [3.63, 3.8) is 0 Å². The van der Waals surface area contributed by atoms with Gasteiger partial charge in [0, 0.05) is 11.1 Å². The Morgan fingerprint density at radius 3 is 2.17 bits per heavy atom. The minimum absolute atomic E-state index is 0.225. The Hall–Kier alpha value is -3.86. The maximum Gasteiger partial charge on any atom is 0.407 e. The fraction of sp³-hybridized carbons (Fsp3) is 0.120. The van der Waals surface area contributed by atoms with Gasteiger partial charge in [0.1, 0.15) is 6.61 Å². The van der Waals surface area contributed by atoms with Gasteiger partial charge in [-0.1, -0.05) is 90.1 Å². The molecule has 150 valence electrons. The Bertz CT molecular complexity index is 1100. The van der Waals surface area contributed by atoms with E-state index in [0.717, 1.165) is 33.5 Å². The highest BCUT2D eigenvalue weighted by Crippen LogP contribution is 2.28. The molecule has 4 aromatic rings. The molecule has 1 N–H and O–H groups in total. The lowest BCUT2D eigenvalue weighted by Gasteiger charge is -2.08. The number of carbonyl (C=O) groups is 1. The van der Waals surface area contributed by atoms with E-state index < -0.39 is 6.09 Å². The van der Waals surface area contributed by atoms with Crippen LogP contribution in [0.5, 0.6) is 0 Å². The summed E-state index contributed by atoms with van der Waals surface area (Å²) in [5.41, 5.74) is 5.69. The zero-order valence-corrected chi connectivity index (χ0v) is 16.7. The smallest absolute Gasteiger partial charge is 0.407 e. The lowest BCUT2D eigenvalue weighted by molar-refractivity contribution is 0.139. The minimum atomic E-state index is -0.482.